The number of carbonyl (C=O) groups is 1. The van der Waals surface area contributed by atoms with E-state index in [9.17, 15) is 4.79 Å². The maximum absolute atomic E-state index is 12.2. The van der Waals surface area contributed by atoms with E-state index in [1.54, 1.807) is 25.3 Å². The van der Waals surface area contributed by atoms with E-state index in [2.05, 4.69) is 5.32 Å². The Hall–Kier alpha value is -1.75. The molecule has 1 amide bonds. The molecule has 1 aromatic rings. The smallest absolute Gasteiger partial charge is 0.251 e. The third-order valence-corrected chi connectivity index (χ3v) is 3.95. The van der Waals surface area contributed by atoms with Gasteiger partial charge in [0.25, 0.3) is 5.91 Å². The van der Waals surface area contributed by atoms with Crippen LogP contribution in [0.1, 0.15) is 36.5 Å². The van der Waals surface area contributed by atoms with Crippen LogP contribution in [0.4, 0.5) is 0 Å². The fourth-order valence-electron chi connectivity index (χ4n) is 2.38. The van der Waals surface area contributed by atoms with Gasteiger partial charge in [0.05, 0.1) is 13.7 Å². The van der Waals surface area contributed by atoms with Crippen molar-refractivity contribution in [3.63, 3.8) is 0 Å². The molecule has 0 radical (unpaired) electrons. The van der Waals surface area contributed by atoms with Gasteiger partial charge in [0.2, 0.25) is 0 Å². The molecule has 1 aromatic carbocycles. The number of ether oxygens (including phenoxy) is 2. The highest BCUT2D eigenvalue weighted by atomic mass is 16.5. The predicted molar refractivity (Wildman–Crippen MR) is 79.9 cm³/mol. The minimum Gasteiger partial charge on any atom is -0.493 e. The highest BCUT2D eigenvalue weighted by molar-refractivity contribution is 5.94. The highest BCUT2D eigenvalue weighted by Gasteiger charge is 2.41. The molecule has 0 saturated heterocycles. The number of amides is 1. The maximum atomic E-state index is 12.2. The van der Waals surface area contributed by atoms with Gasteiger partial charge in [-0.05, 0) is 49.8 Å². The summed E-state index contributed by atoms with van der Waals surface area (Å²) < 4.78 is 10.7. The fourth-order valence-corrected chi connectivity index (χ4v) is 2.38. The summed E-state index contributed by atoms with van der Waals surface area (Å²) in [6.07, 6.45) is 2.89. The lowest BCUT2D eigenvalue weighted by molar-refractivity contribution is 0.0940. The molecule has 1 saturated carbocycles. The largest absolute Gasteiger partial charge is 0.493 e. The summed E-state index contributed by atoms with van der Waals surface area (Å²) in [4.78, 5) is 12.2. The van der Waals surface area contributed by atoms with Gasteiger partial charge in [-0.25, -0.2) is 0 Å². The molecular weight excluding hydrogens is 270 g/mol. The van der Waals surface area contributed by atoms with E-state index in [0.717, 1.165) is 19.3 Å². The minimum absolute atomic E-state index is 0.111. The van der Waals surface area contributed by atoms with Crippen molar-refractivity contribution in [2.24, 2.45) is 5.41 Å². The zero-order chi connectivity index (χ0) is 15.3. The van der Waals surface area contributed by atoms with Crippen molar-refractivity contribution in [3.8, 4) is 11.5 Å². The van der Waals surface area contributed by atoms with Crippen LogP contribution in [0.25, 0.3) is 0 Å². The van der Waals surface area contributed by atoms with E-state index in [4.69, 9.17) is 14.6 Å². The molecular formula is C16H23NO4. The lowest BCUT2D eigenvalue weighted by Crippen LogP contribution is -2.30. The maximum Gasteiger partial charge on any atom is 0.251 e. The van der Waals surface area contributed by atoms with Crippen molar-refractivity contribution < 1.29 is 19.4 Å². The molecule has 0 heterocycles. The number of carbonyl (C=O) groups excluding carboxylic acids is 1. The first-order valence-corrected chi connectivity index (χ1v) is 7.34. The molecule has 116 valence electrons. The van der Waals surface area contributed by atoms with Gasteiger partial charge in [0, 0.05) is 18.7 Å². The molecule has 5 nitrogen and oxygen atoms in total. The zero-order valence-electron chi connectivity index (χ0n) is 12.6. The normalized spacial score (nSPS) is 15.4. The van der Waals surface area contributed by atoms with Crippen LogP contribution in [0, 0.1) is 5.41 Å². The van der Waals surface area contributed by atoms with Crippen molar-refractivity contribution >= 4 is 5.91 Å². The summed E-state index contributed by atoms with van der Waals surface area (Å²) in [6, 6.07) is 5.16. The first-order chi connectivity index (χ1) is 10.1. The number of methoxy groups -OCH3 is 1. The number of hydrogen-bond donors (Lipinski definition) is 2. The number of aliphatic hydroxyl groups excluding tert-OH is 1. The van der Waals surface area contributed by atoms with Crippen LogP contribution in [0.3, 0.4) is 0 Å². The van der Waals surface area contributed by atoms with Gasteiger partial charge in [0.15, 0.2) is 11.5 Å². The van der Waals surface area contributed by atoms with Gasteiger partial charge in [0.1, 0.15) is 0 Å². The van der Waals surface area contributed by atoms with E-state index < -0.39 is 0 Å². The van der Waals surface area contributed by atoms with Gasteiger partial charge in [-0.1, -0.05) is 0 Å². The molecule has 1 fully saturated rings. The molecule has 21 heavy (non-hydrogen) atoms. The van der Waals surface area contributed by atoms with Gasteiger partial charge in [-0.3, -0.25) is 4.79 Å². The summed E-state index contributed by atoms with van der Waals surface area (Å²) in [5.74, 6) is 1.07. The molecule has 0 spiro atoms. The van der Waals surface area contributed by atoms with Gasteiger partial charge < -0.3 is 19.9 Å². The Labute approximate surface area is 125 Å². The second-order valence-corrected chi connectivity index (χ2v) is 5.45. The van der Waals surface area contributed by atoms with Crippen LogP contribution in [-0.2, 0) is 0 Å². The van der Waals surface area contributed by atoms with E-state index >= 15 is 0 Å². The second kappa shape index (κ2) is 6.80. The van der Waals surface area contributed by atoms with Gasteiger partial charge in [-0.15, -0.1) is 0 Å². The molecule has 0 aliphatic heterocycles. The van der Waals surface area contributed by atoms with Gasteiger partial charge in [-0.2, -0.15) is 0 Å². The summed E-state index contributed by atoms with van der Waals surface area (Å²) in [7, 11) is 1.56. The number of rotatable bonds is 8. The average molecular weight is 293 g/mol. The molecule has 0 atom stereocenters. The Morgan fingerprint density at radius 2 is 2.14 bits per heavy atom. The first-order valence-electron chi connectivity index (χ1n) is 7.34. The molecule has 0 unspecified atom stereocenters. The SMILES string of the molecule is CCOc1ccc(C(=O)NCC2(CCO)CC2)cc1OC. The average Bonchev–Trinajstić information content (AvgIpc) is 3.26. The van der Waals surface area contributed by atoms with E-state index in [0.29, 0.717) is 30.2 Å². The fraction of sp³-hybridized carbons (Fsp3) is 0.562. The van der Waals surface area contributed by atoms with Crippen molar-refractivity contribution in [2.45, 2.75) is 26.2 Å². The standard InChI is InChI=1S/C16H23NO4/c1-3-21-13-5-4-12(10-14(13)20-2)15(19)17-11-16(6-7-16)8-9-18/h4-5,10,18H,3,6-9,11H2,1-2H3,(H,17,19). The monoisotopic (exact) mass is 293 g/mol. The van der Waals surface area contributed by atoms with Gasteiger partial charge >= 0.3 is 0 Å². The molecule has 2 rings (SSSR count). The Morgan fingerprint density at radius 3 is 2.71 bits per heavy atom. The quantitative estimate of drug-likeness (QED) is 0.769. The topological polar surface area (TPSA) is 67.8 Å². The number of benzene rings is 1. The summed E-state index contributed by atoms with van der Waals surface area (Å²) >= 11 is 0. The van der Waals surface area contributed by atoms with Crippen molar-refractivity contribution in [1.82, 2.24) is 5.32 Å². The van der Waals surface area contributed by atoms with Crippen LogP contribution in [0.5, 0.6) is 11.5 Å². The van der Waals surface area contributed by atoms with Crippen molar-refractivity contribution in [1.29, 1.82) is 0 Å². The van der Waals surface area contributed by atoms with E-state index in [1.165, 1.54) is 0 Å². The highest BCUT2D eigenvalue weighted by Crippen LogP contribution is 2.47. The molecule has 0 aromatic heterocycles. The summed E-state index contributed by atoms with van der Waals surface area (Å²) in [6.45, 7) is 3.23. The molecule has 1 aliphatic carbocycles. The predicted octanol–water partition coefficient (Wildman–Crippen LogP) is 1.99. The lowest BCUT2D eigenvalue weighted by atomic mass is 10.0. The van der Waals surface area contributed by atoms with Crippen LogP contribution < -0.4 is 14.8 Å². The van der Waals surface area contributed by atoms with Crippen LogP contribution in [0.15, 0.2) is 18.2 Å². The van der Waals surface area contributed by atoms with Crippen LogP contribution in [-0.4, -0.2) is 37.9 Å². The Balaban J connectivity index is 1.99. The first kappa shape index (κ1) is 15.6. The lowest BCUT2D eigenvalue weighted by Gasteiger charge is -2.15. The Bertz CT molecular complexity index is 497. The third-order valence-electron chi connectivity index (χ3n) is 3.95. The Morgan fingerprint density at radius 1 is 1.38 bits per heavy atom. The minimum atomic E-state index is -0.124. The Kier molecular flexibility index (Phi) is 5.07. The third kappa shape index (κ3) is 3.88. The number of nitrogens with one attached hydrogen (secondary N) is 1. The molecule has 5 heteroatoms. The van der Waals surface area contributed by atoms with E-state index in [-0.39, 0.29) is 17.9 Å². The summed E-state index contributed by atoms with van der Waals surface area (Å²) in [5.41, 5.74) is 0.662. The zero-order valence-corrected chi connectivity index (χ0v) is 12.6. The summed E-state index contributed by atoms with van der Waals surface area (Å²) in [5, 5.41) is 12.0. The number of hydrogen-bond acceptors (Lipinski definition) is 4. The van der Waals surface area contributed by atoms with Crippen LogP contribution >= 0.6 is 0 Å². The number of aliphatic hydroxyl groups is 1. The van der Waals surface area contributed by atoms with Crippen molar-refractivity contribution in [3.05, 3.63) is 23.8 Å². The van der Waals surface area contributed by atoms with E-state index in [1.807, 2.05) is 6.92 Å². The van der Waals surface area contributed by atoms with Crippen molar-refractivity contribution in [2.75, 3.05) is 26.9 Å². The molecule has 1 aliphatic rings. The molecule has 2 N–H and O–H groups in total. The molecule has 0 bridgehead atoms. The van der Waals surface area contributed by atoms with Crippen LogP contribution in [0.2, 0.25) is 0 Å². The second-order valence-electron chi connectivity index (χ2n) is 5.45.